The normalized spacial score (nSPS) is 14.9. The summed E-state index contributed by atoms with van der Waals surface area (Å²) in [6, 6.07) is 7.69. The molecular weight excluding hydrogens is 578 g/mol. The van der Waals surface area contributed by atoms with Gasteiger partial charge in [-0.05, 0) is 54.7 Å². The predicted octanol–water partition coefficient (Wildman–Crippen LogP) is 5.06. The number of amides is 2. The monoisotopic (exact) mass is 610 g/mol. The second-order valence-electron chi connectivity index (χ2n) is 10.8. The van der Waals surface area contributed by atoms with Crippen LogP contribution >= 0.6 is 11.6 Å². The van der Waals surface area contributed by atoms with Crippen molar-refractivity contribution in [3.05, 3.63) is 81.2 Å². The molecule has 1 N–H and O–H groups in total. The number of imidazole rings is 1. The number of fused-ring (bicyclic) bond motifs is 1. The van der Waals surface area contributed by atoms with Crippen molar-refractivity contribution in [2.45, 2.75) is 45.8 Å². The molecule has 2 aromatic heterocycles. The first-order valence-corrected chi connectivity index (χ1v) is 14.3. The fourth-order valence-electron chi connectivity index (χ4n) is 5.38. The number of imide groups is 1. The summed E-state index contributed by atoms with van der Waals surface area (Å²) < 4.78 is 36.6. The second kappa shape index (κ2) is 13.0. The maximum atomic E-state index is 15.0. The topological polar surface area (TPSA) is 92.6 Å². The number of aromatic nitrogens is 3. The highest BCUT2D eigenvalue weighted by molar-refractivity contribution is 6.30. The molecule has 9 nitrogen and oxygen atoms in total. The van der Waals surface area contributed by atoms with Gasteiger partial charge in [-0.25, -0.2) is 18.7 Å². The van der Waals surface area contributed by atoms with Crippen LogP contribution in [-0.4, -0.2) is 52.0 Å². The Balaban J connectivity index is 1.23. The number of hydrogen-bond acceptors (Lipinski definition) is 7. The van der Waals surface area contributed by atoms with Crippen LogP contribution in [0, 0.1) is 12.7 Å². The largest absolute Gasteiger partial charge is 0.471 e. The van der Waals surface area contributed by atoms with Crippen molar-refractivity contribution in [2.24, 2.45) is 7.05 Å². The van der Waals surface area contributed by atoms with E-state index in [1.54, 1.807) is 13.1 Å². The maximum absolute atomic E-state index is 15.0. The quantitative estimate of drug-likeness (QED) is 0.303. The number of rotatable bonds is 11. The predicted molar refractivity (Wildman–Crippen MR) is 159 cm³/mol. The molecule has 1 aliphatic carbocycles. The molecule has 5 rings (SSSR count). The average Bonchev–Trinajstić information content (AvgIpc) is 3.56. The zero-order chi connectivity index (χ0) is 30.7. The van der Waals surface area contributed by atoms with Gasteiger partial charge in [0.15, 0.2) is 5.82 Å². The van der Waals surface area contributed by atoms with Crippen LogP contribution in [0.15, 0.2) is 53.0 Å². The van der Waals surface area contributed by atoms with E-state index in [-0.39, 0.29) is 30.4 Å². The van der Waals surface area contributed by atoms with Crippen molar-refractivity contribution in [2.75, 3.05) is 25.1 Å². The Bertz CT molecular complexity index is 1620. The van der Waals surface area contributed by atoms with Crippen molar-refractivity contribution in [1.82, 2.24) is 24.8 Å². The van der Waals surface area contributed by atoms with Crippen LogP contribution < -0.4 is 15.0 Å². The minimum absolute atomic E-state index is 0.171. The third kappa shape index (κ3) is 6.78. The number of allylic oxidation sites excluding steroid dienone is 2. The molecule has 0 saturated heterocycles. The van der Waals surface area contributed by atoms with Crippen molar-refractivity contribution < 1.29 is 23.1 Å². The van der Waals surface area contributed by atoms with E-state index in [2.05, 4.69) is 32.3 Å². The van der Waals surface area contributed by atoms with E-state index in [0.29, 0.717) is 56.2 Å². The molecule has 12 heteroatoms. The van der Waals surface area contributed by atoms with Crippen molar-refractivity contribution in [1.29, 1.82) is 0 Å². The number of nitrogens with one attached hydrogen (secondary N) is 1. The second-order valence-corrected chi connectivity index (χ2v) is 11.2. The van der Waals surface area contributed by atoms with E-state index >= 15 is 0 Å². The highest BCUT2D eigenvalue weighted by Crippen LogP contribution is 2.32. The summed E-state index contributed by atoms with van der Waals surface area (Å²) in [6.45, 7) is 3.96. The molecule has 0 saturated carbocycles. The molecule has 0 unspecified atom stereocenters. The summed E-state index contributed by atoms with van der Waals surface area (Å²) in [5.74, 6) is 0.0899. The molecule has 2 aliphatic rings. The van der Waals surface area contributed by atoms with Gasteiger partial charge in [-0.2, -0.15) is 0 Å². The van der Waals surface area contributed by atoms with Crippen LogP contribution in [0.1, 0.15) is 41.6 Å². The summed E-state index contributed by atoms with van der Waals surface area (Å²) in [7, 11) is 3.79. The molecular formula is C31H33ClF2N6O3. The van der Waals surface area contributed by atoms with Crippen molar-refractivity contribution in [3.8, 4) is 17.3 Å². The lowest BCUT2D eigenvalue weighted by Gasteiger charge is -2.19. The lowest BCUT2D eigenvalue weighted by Crippen LogP contribution is -2.28. The van der Waals surface area contributed by atoms with Gasteiger partial charge in [0.1, 0.15) is 24.1 Å². The number of ether oxygens (including phenoxy) is 1. The standard InChI is InChI=1S/C31H33ClF2N6O3/c1-19-22(12-27(34)31(37-19)43-17-24-25(32)5-4-6-26(24)33)15-40-14-21-8-7-20(11-23(21)16-40)30-35-13-29(39(30)3)38(2)10-9-28(42)36-18-41/h6-8,11-13,18H,4-5,9-10,14-17H2,1-3H3,(H,36,41,42). The van der Waals surface area contributed by atoms with Gasteiger partial charge in [0, 0.05) is 68.6 Å². The Morgan fingerprint density at radius 2 is 2.02 bits per heavy atom. The third-order valence-electron chi connectivity index (χ3n) is 7.79. The molecule has 1 aromatic carbocycles. The molecule has 0 radical (unpaired) electrons. The van der Waals surface area contributed by atoms with Gasteiger partial charge >= 0.3 is 0 Å². The fraction of sp³-hybridized carbons (Fsp3) is 0.355. The lowest BCUT2D eigenvalue weighted by atomic mass is 10.1. The van der Waals surface area contributed by atoms with E-state index < -0.39 is 11.6 Å². The highest BCUT2D eigenvalue weighted by Gasteiger charge is 2.23. The lowest BCUT2D eigenvalue weighted by molar-refractivity contribution is -0.125. The van der Waals surface area contributed by atoms with Gasteiger partial charge in [-0.15, -0.1) is 0 Å². The molecule has 0 atom stereocenters. The third-order valence-corrected chi connectivity index (χ3v) is 8.21. The molecule has 0 bridgehead atoms. The van der Waals surface area contributed by atoms with Gasteiger partial charge in [-0.3, -0.25) is 19.8 Å². The van der Waals surface area contributed by atoms with E-state index in [0.717, 1.165) is 22.8 Å². The van der Waals surface area contributed by atoms with Gasteiger partial charge < -0.3 is 14.2 Å². The first-order valence-electron chi connectivity index (χ1n) is 14.0. The molecule has 2 amide bonds. The van der Waals surface area contributed by atoms with E-state index in [9.17, 15) is 18.4 Å². The smallest absolute Gasteiger partial charge is 0.250 e. The summed E-state index contributed by atoms with van der Waals surface area (Å²) in [5, 5.41) is 2.54. The Kier molecular flexibility index (Phi) is 9.22. The summed E-state index contributed by atoms with van der Waals surface area (Å²) in [4.78, 5) is 35.2. The van der Waals surface area contributed by atoms with Gasteiger partial charge in [0.05, 0.1) is 6.20 Å². The van der Waals surface area contributed by atoms with E-state index in [4.69, 9.17) is 16.3 Å². The molecule has 1 aliphatic heterocycles. The Morgan fingerprint density at radius 1 is 1.23 bits per heavy atom. The summed E-state index contributed by atoms with van der Waals surface area (Å²) >= 11 is 6.14. The molecule has 3 heterocycles. The Labute approximate surface area is 253 Å². The average molecular weight is 611 g/mol. The number of halogens is 3. The first-order chi connectivity index (χ1) is 20.6. The zero-order valence-electron chi connectivity index (χ0n) is 24.3. The molecule has 226 valence electrons. The number of nitrogens with zero attached hydrogens (tertiary/aromatic N) is 5. The molecule has 3 aromatic rings. The Morgan fingerprint density at radius 3 is 2.79 bits per heavy atom. The molecule has 43 heavy (non-hydrogen) atoms. The number of aryl methyl sites for hydroxylation is 1. The van der Waals surface area contributed by atoms with Crippen LogP contribution in [0.3, 0.4) is 0 Å². The number of anilines is 1. The number of carbonyl (C=O) groups excluding carboxylic acids is 2. The number of pyridine rings is 1. The van der Waals surface area contributed by atoms with Crippen LogP contribution in [0.5, 0.6) is 5.88 Å². The minimum atomic E-state index is -0.601. The van der Waals surface area contributed by atoms with Crippen LogP contribution in [-0.2, 0) is 36.3 Å². The SMILES string of the molecule is Cc1nc(OCC2=C(Cl)CCC=C2F)c(F)cc1CN1Cc2ccc(-c3ncc(N(C)CCC(=O)NC=O)n3C)cc2C1. The van der Waals surface area contributed by atoms with Crippen LogP contribution in [0.25, 0.3) is 11.4 Å². The van der Waals surface area contributed by atoms with Crippen LogP contribution in [0.4, 0.5) is 14.6 Å². The molecule has 0 fully saturated rings. The maximum Gasteiger partial charge on any atom is 0.250 e. The van der Waals surface area contributed by atoms with Crippen molar-refractivity contribution >= 4 is 29.7 Å². The highest BCUT2D eigenvalue weighted by atomic mass is 35.5. The Hall–Kier alpha value is -4.09. The number of hydrogen-bond donors (Lipinski definition) is 1. The summed E-state index contributed by atoms with van der Waals surface area (Å²) in [5.41, 5.74) is 4.94. The number of carbonyl (C=O) groups is 2. The van der Waals surface area contributed by atoms with E-state index in [1.807, 2.05) is 29.6 Å². The van der Waals surface area contributed by atoms with E-state index in [1.165, 1.54) is 23.3 Å². The van der Waals surface area contributed by atoms with Gasteiger partial charge in [-0.1, -0.05) is 23.7 Å². The first kappa shape index (κ1) is 30.4. The summed E-state index contributed by atoms with van der Waals surface area (Å²) in [6.07, 6.45) is 4.85. The minimum Gasteiger partial charge on any atom is -0.471 e. The van der Waals surface area contributed by atoms with Gasteiger partial charge in [0.2, 0.25) is 12.3 Å². The molecule has 0 spiro atoms. The number of benzene rings is 1. The zero-order valence-corrected chi connectivity index (χ0v) is 25.0. The van der Waals surface area contributed by atoms with Gasteiger partial charge in [0.25, 0.3) is 5.88 Å². The fourth-order valence-corrected chi connectivity index (χ4v) is 5.63. The van der Waals surface area contributed by atoms with Crippen LogP contribution in [0.2, 0.25) is 0 Å². The van der Waals surface area contributed by atoms with Crippen molar-refractivity contribution in [3.63, 3.8) is 0 Å².